The standard InChI is InChI=1S/C13H12N4O2S/c1-9-8-15-16-13(9)17-20(18,19)12-6-2-5-11-10(12)4-3-7-14-11/h2-8H,1H3,(H2,15,16,17). The first kappa shape index (κ1) is 12.6. The molecule has 0 aliphatic heterocycles. The van der Waals surface area contributed by atoms with E-state index in [4.69, 9.17) is 0 Å². The zero-order valence-corrected chi connectivity index (χ0v) is 11.5. The third-order valence-electron chi connectivity index (χ3n) is 2.96. The Morgan fingerprint density at radius 1 is 1.20 bits per heavy atom. The summed E-state index contributed by atoms with van der Waals surface area (Å²) >= 11 is 0. The van der Waals surface area contributed by atoms with Crippen molar-refractivity contribution in [3.63, 3.8) is 0 Å². The highest BCUT2D eigenvalue weighted by Gasteiger charge is 2.19. The summed E-state index contributed by atoms with van der Waals surface area (Å²) in [5, 5.41) is 7.00. The number of aromatic nitrogens is 3. The number of nitrogens with zero attached hydrogens (tertiary/aromatic N) is 2. The van der Waals surface area contributed by atoms with Gasteiger partial charge < -0.3 is 0 Å². The Morgan fingerprint density at radius 3 is 2.80 bits per heavy atom. The molecule has 0 unspecified atom stereocenters. The van der Waals surface area contributed by atoms with Crippen molar-refractivity contribution in [3.8, 4) is 0 Å². The topological polar surface area (TPSA) is 87.7 Å². The fourth-order valence-corrected chi connectivity index (χ4v) is 3.25. The predicted octanol–water partition coefficient (Wildman–Crippen LogP) is 2.07. The molecule has 2 N–H and O–H groups in total. The first-order valence-electron chi connectivity index (χ1n) is 5.94. The number of aromatic amines is 1. The first-order valence-corrected chi connectivity index (χ1v) is 7.43. The maximum Gasteiger partial charge on any atom is 0.263 e. The first-order chi connectivity index (χ1) is 9.58. The average molecular weight is 288 g/mol. The number of H-pyrrole nitrogens is 1. The van der Waals surface area contributed by atoms with Crippen LogP contribution in [-0.2, 0) is 10.0 Å². The normalized spacial score (nSPS) is 11.7. The second-order valence-corrected chi connectivity index (χ2v) is 6.01. The fourth-order valence-electron chi connectivity index (χ4n) is 1.95. The lowest BCUT2D eigenvalue weighted by Gasteiger charge is -2.09. The van der Waals surface area contributed by atoms with Crippen LogP contribution in [0.1, 0.15) is 5.56 Å². The highest BCUT2D eigenvalue weighted by atomic mass is 32.2. The van der Waals surface area contributed by atoms with Crippen molar-refractivity contribution < 1.29 is 8.42 Å². The van der Waals surface area contributed by atoms with Crippen molar-refractivity contribution in [1.82, 2.24) is 15.2 Å². The van der Waals surface area contributed by atoms with Crippen molar-refractivity contribution in [2.24, 2.45) is 0 Å². The van der Waals surface area contributed by atoms with Gasteiger partial charge in [-0.15, -0.1) is 0 Å². The zero-order chi connectivity index (χ0) is 14.2. The molecule has 1 aromatic carbocycles. The maximum absolute atomic E-state index is 12.5. The quantitative estimate of drug-likeness (QED) is 0.772. The molecule has 0 atom stereocenters. The van der Waals surface area contributed by atoms with Crippen LogP contribution in [-0.4, -0.2) is 23.6 Å². The van der Waals surface area contributed by atoms with Gasteiger partial charge in [0, 0.05) is 17.1 Å². The van der Waals surface area contributed by atoms with Gasteiger partial charge in [0.1, 0.15) is 5.82 Å². The Labute approximate surface area is 115 Å². The van der Waals surface area contributed by atoms with Gasteiger partial charge in [0.05, 0.1) is 16.6 Å². The van der Waals surface area contributed by atoms with Crippen molar-refractivity contribution in [3.05, 3.63) is 48.3 Å². The molecule has 20 heavy (non-hydrogen) atoms. The second kappa shape index (κ2) is 4.61. The monoisotopic (exact) mass is 288 g/mol. The number of aryl methyl sites for hydroxylation is 1. The third-order valence-corrected chi connectivity index (χ3v) is 4.37. The SMILES string of the molecule is Cc1cn[nH]c1NS(=O)(=O)c1cccc2ncccc12. The summed E-state index contributed by atoms with van der Waals surface area (Å²) in [6.07, 6.45) is 3.19. The molecule has 2 heterocycles. The van der Waals surface area contributed by atoms with Gasteiger partial charge in [0.2, 0.25) is 0 Å². The van der Waals surface area contributed by atoms with Gasteiger partial charge in [-0.3, -0.25) is 14.8 Å². The summed E-state index contributed by atoms with van der Waals surface area (Å²) in [6, 6.07) is 8.44. The smallest absolute Gasteiger partial charge is 0.263 e. The summed E-state index contributed by atoms with van der Waals surface area (Å²) < 4.78 is 27.5. The summed E-state index contributed by atoms with van der Waals surface area (Å²) in [7, 11) is -3.69. The molecule has 0 amide bonds. The van der Waals surface area contributed by atoms with Gasteiger partial charge >= 0.3 is 0 Å². The van der Waals surface area contributed by atoms with Crippen LogP contribution in [0, 0.1) is 6.92 Å². The van der Waals surface area contributed by atoms with Gasteiger partial charge in [-0.2, -0.15) is 5.10 Å². The van der Waals surface area contributed by atoms with E-state index in [1.54, 1.807) is 49.6 Å². The lowest BCUT2D eigenvalue weighted by molar-refractivity contribution is 0.602. The molecule has 2 aromatic heterocycles. The molecule has 7 heteroatoms. The molecular weight excluding hydrogens is 276 g/mol. The molecule has 0 bridgehead atoms. The number of sulfonamides is 1. The third kappa shape index (κ3) is 2.12. The lowest BCUT2D eigenvalue weighted by atomic mass is 10.2. The highest BCUT2D eigenvalue weighted by molar-refractivity contribution is 7.93. The van der Waals surface area contributed by atoms with E-state index in [2.05, 4.69) is 19.9 Å². The predicted molar refractivity (Wildman–Crippen MR) is 75.9 cm³/mol. The Hall–Kier alpha value is -2.41. The Bertz CT molecular complexity index is 865. The number of pyridine rings is 1. The molecule has 0 spiro atoms. The van der Waals surface area contributed by atoms with Crippen LogP contribution in [0.5, 0.6) is 0 Å². The van der Waals surface area contributed by atoms with E-state index in [1.807, 2.05) is 0 Å². The molecule has 0 fully saturated rings. The van der Waals surface area contributed by atoms with Gasteiger partial charge in [0.15, 0.2) is 0 Å². The minimum absolute atomic E-state index is 0.192. The van der Waals surface area contributed by atoms with Crippen molar-refractivity contribution in [2.75, 3.05) is 4.72 Å². The van der Waals surface area contributed by atoms with E-state index in [-0.39, 0.29) is 4.90 Å². The van der Waals surface area contributed by atoms with E-state index in [0.717, 1.165) is 5.56 Å². The summed E-state index contributed by atoms with van der Waals surface area (Å²) in [4.78, 5) is 4.35. The van der Waals surface area contributed by atoms with E-state index >= 15 is 0 Å². The molecule has 0 saturated heterocycles. The maximum atomic E-state index is 12.5. The van der Waals surface area contributed by atoms with E-state index in [0.29, 0.717) is 16.7 Å². The molecular formula is C13H12N4O2S. The van der Waals surface area contributed by atoms with E-state index < -0.39 is 10.0 Å². The van der Waals surface area contributed by atoms with E-state index in [1.165, 1.54) is 0 Å². The summed E-state index contributed by atoms with van der Waals surface area (Å²) in [5.41, 5.74) is 1.36. The van der Waals surface area contributed by atoms with Crippen LogP contribution in [0.3, 0.4) is 0 Å². The van der Waals surface area contributed by atoms with Crippen molar-refractivity contribution in [2.45, 2.75) is 11.8 Å². The van der Waals surface area contributed by atoms with Gasteiger partial charge in [0.25, 0.3) is 10.0 Å². The lowest BCUT2D eigenvalue weighted by Crippen LogP contribution is -2.14. The number of rotatable bonds is 3. The number of anilines is 1. The number of benzene rings is 1. The Kier molecular flexibility index (Phi) is 2.90. The highest BCUT2D eigenvalue weighted by Crippen LogP contribution is 2.23. The molecule has 0 aliphatic carbocycles. The largest absolute Gasteiger partial charge is 0.263 e. The van der Waals surface area contributed by atoms with Crippen LogP contribution in [0.2, 0.25) is 0 Å². The molecule has 0 radical (unpaired) electrons. The van der Waals surface area contributed by atoms with Gasteiger partial charge in [-0.25, -0.2) is 8.42 Å². The molecule has 102 valence electrons. The van der Waals surface area contributed by atoms with Gasteiger partial charge in [-0.05, 0) is 31.2 Å². The Morgan fingerprint density at radius 2 is 2.05 bits per heavy atom. The minimum atomic E-state index is -3.69. The molecule has 3 rings (SSSR count). The van der Waals surface area contributed by atoms with Crippen LogP contribution in [0.4, 0.5) is 5.82 Å². The molecule has 0 saturated carbocycles. The number of nitrogens with one attached hydrogen (secondary N) is 2. The summed E-state index contributed by atoms with van der Waals surface area (Å²) in [5.74, 6) is 0.367. The number of fused-ring (bicyclic) bond motifs is 1. The van der Waals surface area contributed by atoms with Crippen LogP contribution >= 0.6 is 0 Å². The summed E-state index contributed by atoms with van der Waals surface area (Å²) in [6.45, 7) is 1.77. The molecule has 3 aromatic rings. The molecule has 6 nitrogen and oxygen atoms in total. The number of hydrogen-bond acceptors (Lipinski definition) is 4. The Balaban J connectivity index is 2.12. The average Bonchev–Trinajstić information content (AvgIpc) is 2.83. The van der Waals surface area contributed by atoms with Crippen molar-refractivity contribution >= 4 is 26.7 Å². The number of hydrogen-bond donors (Lipinski definition) is 2. The fraction of sp³-hybridized carbons (Fsp3) is 0.0769. The zero-order valence-electron chi connectivity index (χ0n) is 10.7. The van der Waals surface area contributed by atoms with E-state index in [9.17, 15) is 8.42 Å². The van der Waals surface area contributed by atoms with Gasteiger partial charge in [-0.1, -0.05) is 6.07 Å². The molecule has 0 aliphatic rings. The van der Waals surface area contributed by atoms with Crippen LogP contribution < -0.4 is 4.72 Å². The second-order valence-electron chi connectivity index (χ2n) is 4.36. The van der Waals surface area contributed by atoms with Crippen LogP contribution in [0.15, 0.2) is 47.6 Å². The van der Waals surface area contributed by atoms with Crippen LogP contribution in [0.25, 0.3) is 10.9 Å². The minimum Gasteiger partial charge on any atom is -0.263 e. The van der Waals surface area contributed by atoms with Crippen molar-refractivity contribution in [1.29, 1.82) is 0 Å².